The number of hydrogen-bond acceptors (Lipinski definition) is 4. The lowest BCUT2D eigenvalue weighted by molar-refractivity contribution is 0.0965. The highest BCUT2D eigenvalue weighted by Crippen LogP contribution is 2.29. The average Bonchev–Trinajstić information content (AvgIpc) is 3.07. The smallest absolute Gasteiger partial charge is 0.185 e. The lowest BCUT2D eigenvalue weighted by atomic mass is 9.96. The molecule has 122 valence electrons. The summed E-state index contributed by atoms with van der Waals surface area (Å²) in [6.07, 6.45) is 6.58. The molecule has 0 bridgehead atoms. The second-order valence-electron chi connectivity index (χ2n) is 6.13. The Bertz CT molecular complexity index is 646. The highest BCUT2D eigenvalue weighted by molar-refractivity contribution is 5.99. The van der Waals surface area contributed by atoms with Crippen LogP contribution in [0.25, 0.3) is 11.3 Å². The molecule has 0 unspecified atom stereocenters. The van der Waals surface area contributed by atoms with Crippen molar-refractivity contribution in [2.75, 3.05) is 6.61 Å². The van der Waals surface area contributed by atoms with Gasteiger partial charge in [-0.25, -0.2) is 0 Å². The first-order chi connectivity index (χ1) is 11.3. The zero-order valence-corrected chi connectivity index (χ0v) is 13.3. The SMILES string of the molecule is O=C(CCCO)c1nn(C2CCCCC2)nc1-c1ccccc1. The average molecular weight is 313 g/mol. The van der Waals surface area contributed by atoms with Gasteiger partial charge in [0.05, 0.1) is 6.04 Å². The van der Waals surface area contributed by atoms with Gasteiger partial charge in [-0.3, -0.25) is 4.79 Å². The number of hydrogen-bond donors (Lipinski definition) is 1. The van der Waals surface area contributed by atoms with Crippen LogP contribution in [0.4, 0.5) is 0 Å². The molecule has 1 fully saturated rings. The van der Waals surface area contributed by atoms with Crippen LogP contribution >= 0.6 is 0 Å². The minimum absolute atomic E-state index is 0.0170. The van der Waals surface area contributed by atoms with Crippen molar-refractivity contribution in [1.82, 2.24) is 15.0 Å². The maximum atomic E-state index is 12.5. The van der Waals surface area contributed by atoms with Gasteiger partial charge in [0.1, 0.15) is 5.69 Å². The van der Waals surface area contributed by atoms with Gasteiger partial charge in [-0.2, -0.15) is 9.90 Å². The first-order valence-electron chi connectivity index (χ1n) is 8.46. The number of benzene rings is 1. The van der Waals surface area contributed by atoms with E-state index in [1.54, 1.807) is 4.80 Å². The Labute approximate surface area is 136 Å². The van der Waals surface area contributed by atoms with Crippen molar-refractivity contribution < 1.29 is 9.90 Å². The summed E-state index contributed by atoms with van der Waals surface area (Å²) in [6, 6.07) is 10.0. The van der Waals surface area contributed by atoms with Crippen molar-refractivity contribution in [3.63, 3.8) is 0 Å². The molecule has 1 aliphatic rings. The summed E-state index contributed by atoms with van der Waals surface area (Å²) in [4.78, 5) is 14.2. The molecule has 0 saturated heterocycles. The standard InChI is InChI=1S/C18H23N3O2/c22-13-7-12-16(23)18-17(14-8-3-1-4-9-14)19-21(20-18)15-10-5-2-6-11-15/h1,3-4,8-9,15,22H,2,5-7,10-13H2. The molecule has 1 saturated carbocycles. The maximum Gasteiger partial charge on any atom is 0.185 e. The van der Waals surface area contributed by atoms with E-state index in [2.05, 4.69) is 10.2 Å². The fourth-order valence-corrected chi connectivity index (χ4v) is 3.13. The molecule has 23 heavy (non-hydrogen) atoms. The Hall–Kier alpha value is -2.01. The molecule has 5 nitrogen and oxygen atoms in total. The number of rotatable bonds is 6. The first-order valence-corrected chi connectivity index (χ1v) is 8.46. The second-order valence-corrected chi connectivity index (χ2v) is 6.13. The molecule has 0 aliphatic heterocycles. The molecule has 5 heteroatoms. The Morgan fingerprint density at radius 2 is 1.87 bits per heavy atom. The number of aliphatic hydroxyl groups is 1. The predicted octanol–water partition coefficient (Wildman–Crippen LogP) is 3.41. The Balaban J connectivity index is 1.94. The summed E-state index contributed by atoms with van der Waals surface area (Å²) < 4.78 is 0. The third-order valence-electron chi connectivity index (χ3n) is 4.40. The molecule has 0 atom stereocenters. The molecule has 2 aromatic rings. The number of ketones is 1. The summed E-state index contributed by atoms with van der Waals surface area (Å²) >= 11 is 0. The Morgan fingerprint density at radius 3 is 2.57 bits per heavy atom. The van der Waals surface area contributed by atoms with Crippen LogP contribution in [-0.2, 0) is 0 Å². The molecule has 3 rings (SSSR count). The van der Waals surface area contributed by atoms with E-state index < -0.39 is 0 Å². The van der Waals surface area contributed by atoms with Crippen molar-refractivity contribution >= 4 is 5.78 Å². The van der Waals surface area contributed by atoms with E-state index in [9.17, 15) is 4.79 Å². The summed E-state index contributed by atoms with van der Waals surface area (Å²) in [5, 5.41) is 18.2. The summed E-state index contributed by atoms with van der Waals surface area (Å²) in [5.74, 6) is -0.0417. The molecule has 1 aliphatic carbocycles. The van der Waals surface area contributed by atoms with Crippen LogP contribution in [0.1, 0.15) is 61.5 Å². The van der Waals surface area contributed by atoms with E-state index >= 15 is 0 Å². The van der Waals surface area contributed by atoms with Crippen molar-refractivity contribution in [2.24, 2.45) is 0 Å². The fraction of sp³-hybridized carbons (Fsp3) is 0.500. The van der Waals surface area contributed by atoms with Gasteiger partial charge in [0, 0.05) is 18.6 Å². The van der Waals surface area contributed by atoms with Crippen LogP contribution in [0.3, 0.4) is 0 Å². The number of carbonyl (C=O) groups is 1. The summed E-state index contributed by atoms with van der Waals surface area (Å²) in [7, 11) is 0. The lowest BCUT2D eigenvalue weighted by Crippen LogP contribution is -2.16. The predicted molar refractivity (Wildman–Crippen MR) is 88.2 cm³/mol. The van der Waals surface area contributed by atoms with Crippen LogP contribution in [-0.4, -0.2) is 32.5 Å². The van der Waals surface area contributed by atoms with Gasteiger partial charge in [-0.1, -0.05) is 49.6 Å². The number of aromatic nitrogens is 3. The second kappa shape index (κ2) is 7.51. The van der Waals surface area contributed by atoms with Gasteiger partial charge in [0.15, 0.2) is 11.5 Å². The van der Waals surface area contributed by atoms with E-state index in [0.717, 1.165) is 18.4 Å². The molecule has 1 aromatic carbocycles. The largest absolute Gasteiger partial charge is 0.396 e. The van der Waals surface area contributed by atoms with Gasteiger partial charge < -0.3 is 5.11 Å². The Kier molecular flexibility index (Phi) is 5.18. The van der Waals surface area contributed by atoms with Crippen LogP contribution in [0.15, 0.2) is 30.3 Å². The van der Waals surface area contributed by atoms with E-state index in [1.807, 2.05) is 30.3 Å². The summed E-state index contributed by atoms with van der Waals surface area (Å²) in [6.45, 7) is 0.0170. The van der Waals surface area contributed by atoms with Crippen LogP contribution in [0.2, 0.25) is 0 Å². The quantitative estimate of drug-likeness (QED) is 0.830. The van der Waals surface area contributed by atoms with Gasteiger partial charge >= 0.3 is 0 Å². The van der Waals surface area contributed by atoms with E-state index in [-0.39, 0.29) is 12.4 Å². The van der Waals surface area contributed by atoms with Gasteiger partial charge in [0.2, 0.25) is 0 Å². The first kappa shape index (κ1) is 15.9. The van der Waals surface area contributed by atoms with Crippen molar-refractivity contribution in [1.29, 1.82) is 0 Å². The van der Waals surface area contributed by atoms with Gasteiger partial charge in [-0.15, -0.1) is 5.10 Å². The monoisotopic (exact) mass is 313 g/mol. The van der Waals surface area contributed by atoms with E-state index in [4.69, 9.17) is 5.11 Å². The van der Waals surface area contributed by atoms with E-state index in [0.29, 0.717) is 30.3 Å². The van der Waals surface area contributed by atoms with Crippen molar-refractivity contribution in [3.05, 3.63) is 36.0 Å². The lowest BCUT2D eigenvalue weighted by Gasteiger charge is -2.20. The van der Waals surface area contributed by atoms with Gasteiger partial charge in [-0.05, 0) is 19.3 Å². The molecule has 1 N–H and O–H groups in total. The third-order valence-corrected chi connectivity index (χ3v) is 4.40. The topological polar surface area (TPSA) is 68.0 Å². The summed E-state index contributed by atoms with van der Waals surface area (Å²) in [5.41, 5.74) is 2.02. The molecule has 1 aromatic heterocycles. The van der Waals surface area contributed by atoms with Gasteiger partial charge in [0.25, 0.3) is 0 Å². The molecule has 0 radical (unpaired) electrons. The highest BCUT2D eigenvalue weighted by atomic mass is 16.3. The van der Waals surface area contributed by atoms with Crippen LogP contribution in [0, 0.1) is 0 Å². The van der Waals surface area contributed by atoms with E-state index in [1.165, 1.54) is 19.3 Å². The zero-order chi connectivity index (χ0) is 16.1. The molecule has 0 amide bonds. The molecule has 0 spiro atoms. The fourth-order valence-electron chi connectivity index (χ4n) is 3.13. The number of Topliss-reactive ketones (excluding diaryl/α,β-unsaturated/α-hetero) is 1. The van der Waals surface area contributed by atoms with Crippen molar-refractivity contribution in [2.45, 2.75) is 51.0 Å². The minimum atomic E-state index is -0.0417. The highest BCUT2D eigenvalue weighted by Gasteiger charge is 2.24. The molecular formula is C18H23N3O2. The molecular weight excluding hydrogens is 290 g/mol. The number of carbonyl (C=O) groups excluding carboxylic acids is 1. The maximum absolute atomic E-state index is 12.5. The Morgan fingerprint density at radius 1 is 1.13 bits per heavy atom. The number of nitrogens with zero attached hydrogens (tertiary/aromatic N) is 3. The minimum Gasteiger partial charge on any atom is -0.396 e. The van der Waals surface area contributed by atoms with Crippen molar-refractivity contribution in [3.8, 4) is 11.3 Å². The number of aliphatic hydroxyl groups excluding tert-OH is 1. The van der Waals surface area contributed by atoms with Crippen LogP contribution in [0.5, 0.6) is 0 Å². The normalized spacial score (nSPS) is 15.7. The zero-order valence-electron chi connectivity index (χ0n) is 13.3. The molecule has 1 heterocycles. The third kappa shape index (κ3) is 3.67. The van der Waals surface area contributed by atoms with Crippen LogP contribution < -0.4 is 0 Å².